The number of hydrogen-bond donors (Lipinski definition) is 2. The fourth-order valence-corrected chi connectivity index (χ4v) is 3.60. The Hall–Kier alpha value is -3.51. The standard InChI is InChI=1S/C22H19ClN4O2/c1-29-21-11-15-10-19(14-6-3-2-4-7-14)27(20(15)12-17(21)23)13-16-8-5-9-18(25-16)22(24)26-28/h2-12,28H,13H2,1H3,(H2,24,26). The Kier molecular flexibility index (Phi) is 5.10. The van der Waals surface area contributed by atoms with E-state index in [1.807, 2.05) is 42.5 Å². The molecule has 4 rings (SSSR count). The van der Waals surface area contributed by atoms with E-state index >= 15 is 0 Å². The summed E-state index contributed by atoms with van der Waals surface area (Å²) in [5.41, 5.74) is 9.96. The molecule has 0 atom stereocenters. The number of nitrogens with two attached hydrogens (primary N) is 1. The molecule has 0 unspecified atom stereocenters. The molecule has 146 valence electrons. The van der Waals surface area contributed by atoms with Crippen molar-refractivity contribution in [2.75, 3.05) is 7.11 Å². The molecule has 2 aromatic heterocycles. The summed E-state index contributed by atoms with van der Waals surface area (Å²) in [6, 6.07) is 21.5. The van der Waals surface area contributed by atoms with Crippen LogP contribution in [0.15, 0.2) is 71.9 Å². The number of amidine groups is 1. The van der Waals surface area contributed by atoms with Crippen molar-refractivity contribution in [2.24, 2.45) is 10.9 Å². The van der Waals surface area contributed by atoms with Crippen molar-refractivity contribution < 1.29 is 9.94 Å². The lowest BCUT2D eigenvalue weighted by molar-refractivity contribution is 0.318. The van der Waals surface area contributed by atoms with Gasteiger partial charge in [-0.2, -0.15) is 0 Å². The molecule has 0 radical (unpaired) electrons. The van der Waals surface area contributed by atoms with Gasteiger partial charge in [0.15, 0.2) is 5.84 Å². The van der Waals surface area contributed by atoms with Crippen LogP contribution in [0.25, 0.3) is 22.2 Å². The molecule has 3 N–H and O–H groups in total. The number of fused-ring (bicyclic) bond motifs is 1. The zero-order valence-electron chi connectivity index (χ0n) is 15.7. The van der Waals surface area contributed by atoms with Crippen molar-refractivity contribution in [2.45, 2.75) is 6.54 Å². The van der Waals surface area contributed by atoms with Crippen LogP contribution in [0, 0.1) is 0 Å². The maximum absolute atomic E-state index is 8.94. The van der Waals surface area contributed by atoms with Crippen LogP contribution in [0.3, 0.4) is 0 Å². The number of benzene rings is 2. The summed E-state index contributed by atoms with van der Waals surface area (Å²) in [5, 5.41) is 13.5. The van der Waals surface area contributed by atoms with Gasteiger partial charge in [0.1, 0.15) is 11.4 Å². The van der Waals surface area contributed by atoms with Gasteiger partial charge in [0, 0.05) is 11.1 Å². The van der Waals surface area contributed by atoms with E-state index in [-0.39, 0.29) is 5.84 Å². The molecule has 0 fully saturated rings. The second kappa shape index (κ2) is 7.85. The fourth-order valence-electron chi connectivity index (χ4n) is 3.36. The lowest BCUT2D eigenvalue weighted by Gasteiger charge is -2.12. The Morgan fingerprint density at radius 1 is 1.14 bits per heavy atom. The predicted molar refractivity (Wildman–Crippen MR) is 115 cm³/mol. The lowest BCUT2D eigenvalue weighted by atomic mass is 10.1. The summed E-state index contributed by atoms with van der Waals surface area (Å²) in [7, 11) is 1.60. The number of hydrogen-bond acceptors (Lipinski definition) is 4. The molecular weight excluding hydrogens is 388 g/mol. The Balaban J connectivity index is 1.89. The molecule has 0 saturated heterocycles. The van der Waals surface area contributed by atoms with Gasteiger partial charge in [0.25, 0.3) is 0 Å². The smallest absolute Gasteiger partial charge is 0.188 e. The SMILES string of the molecule is COc1cc2cc(-c3ccccc3)n(Cc3cccc(C(N)=NO)n3)c2cc1Cl. The first kappa shape index (κ1) is 18.8. The zero-order valence-corrected chi connectivity index (χ0v) is 16.5. The van der Waals surface area contributed by atoms with E-state index in [1.165, 1.54) is 0 Å². The minimum absolute atomic E-state index is 0.0275. The van der Waals surface area contributed by atoms with E-state index in [4.69, 9.17) is 27.3 Å². The van der Waals surface area contributed by atoms with Crippen LogP contribution in [-0.4, -0.2) is 27.7 Å². The number of aromatic nitrogens is 2. The number of rotatable bonds is 5. The summed E-state index contributed by atoms with van der Waals surface area (Å²) >= 11 is 6.41. The van der Waals surface area contributed by atoms with E-state index in [0.717, 1.165) is 27.9 Å². The largest absolute Gasteiger partial charge is 0.495 e. The Morgan fingerprint density at radius 2 is 1.93 bits per heavy atom. The molecule has 0 spiro atoms. The van der Waals surface area contributed by atoms with Crippen molar-refractivity contribution in [3.63, 3.8) is 0 Å². The highest BCUT2D eigenvalue weighted by Crippen LogP contribution is 2.35. The van der Waals surface area contributed by atoms with E-state index in [1.54, 1.807) is 13.2 Å². The maximum Gasteiger partial charge on any atom is 0.188 e. The Morgan fingerprint density at radius 3 is 2.66 bits per heavy atom. The second-order valence-electron chi connectivity index (χ2n) is 6.53. The summed E-state index contributed by atoms with van der Waals surface area (Å²) < 4.78 is 7.52. The molecule has 0 saturated carbocycles. The summed E-state index contributed by atoms with van der Waals surface area (Å²) in [6.07, 6.45) is 0. The van der Waals surface area contributed by atoms with Gasteiger partial charge in [-0.25, -0.2) is 4.98 Å². The van der Waals surface area contributed by atoms with Crippen LogP contribution in [-0.2, 0) is 6.54 Å². The van der Waals surface area contributed by atoms with E-state index in [0.29, 0.717) is 23.0 Å². The average molecular weight is 407 g/mol. The minimum atomic E-state index is -0.0275. The molecule has 0 aliphatic rings. The van der Waals surface area contributed by atoms with Gasteiger partial charge in [-0.15, -0.1) is 0 Å². The lowest BCUT2D eigenvalue weighted by Crippen LogP contribution is -2.16. The molecule has 7 heteroatoms. The Bertz CT molecular complexity index is 1200. The van der Waals surface area contributed by atoms with Gasteiger partial charge in [0.05, 0.1) is 29.9 Å². The average Bonchev–Trinajstić information content (AvgIpc) is 3.10. The predicted octanol–water partition coefficient (Wildman–Crippen LogP) is 4.51. The third-order valence-corrected chi connectivity index (χ3v) is 5.04. The number of halogens is 1. The van der Waals surface area contributed by atoms with Crippen molar-refractivity contribution in [3.8, 4) is 17.0 Å². The number of methoxy groups -OCH3 is 1. The Labute approximate surface area is 172 Å². The summed E-state index contributed by atoms with van der Waals surface area (Å²) in [6.45, 7) is 0.489. The van der Waals surface area contributed by atoms with Crippen LogP contribution >= 0.6 is 11.6 Å². The van der Waals surface area contributed by atoms with Crippen molar-refractivity contribution in [1.82, 2.24) is 9.55 Å². The highest BCUT2D eigenvalue weighted by atomic mass is 35.5. The van der Waals surface area contributed by atoms with Gasteiger partial charge < -0.3 is 20.2 Å². The van der Waals surface area contributed by atoms with Gasteiger partial charge in [-0.1, -0.05) is 53.2 Å². The van der Waals surface area contributed by atoms with Gasteiger partial charge >= 0.3 is 0 Å². The summed E-state index contributed by atoms with van der Waals surface area (Å²) in [5.74, 6) is 0.600. The maximum atomic E-state index is 8.94. The number of oxime groups is 1. The van der Waals surface area contributed by atoms with E-state index in [9.17, 15) is 0 Å². The third kappa shape index (κ3) is 3.62. The van der Waals surface area contributed by atoms with Crippen LogP contribution in [0.2, 0.25) is 5.02 Å². The van der Waals surface area contributed by atoms with Gasteiger partial charge in [-0.3, -0.25) is 0 Å². The normalized spacial score (nSPS) is 11.7. The first-order chi connectivity index (χ1) is 14.1. The van der Waals surface area contributed by atoms with Crippen LogP contribution in [0.5, 0.6) is 5.75 Å². The molecule has 4 aromatic rings. The molecule has 2 heterocycles. The van der Waals surface area contributed by atoms with Gasteiger partial charge in [-0.05, 0) is 35.9 Å². The first-order valence-electron chi connectivity index (χ1n) is 8.96. The minimum Gasteiger partial charge on any atom is -0.495 e. The van der Waals surface area contributed by atoms with E-state index < -0.39 is 0 Å². The molecule has 0 bridgehead atoms. The molecule has 2 aromatic carbocycles. The topological polar surface area (TPSA) is 85.7 Å². The quantitative estimate of drug-likeness (QED) is 0.221. The zero-order chi connectivity index (χ0) is 20.4. The molecule has 0 aliphatic heterocycles. The van der Waals surface area contributed by atoms with Crippen LogP contribution in [0.4, 0.5) is 0 Å². The number of pyridine rings is 1. The van der Waals surface area contributed by atoms with Gasteiger partial charge in [0.2, 0.25) is 0 Å². The molecule has 0 aliphatic carbocycles. The molecule has 29 heavy (non-hydrogen) atoms. The summed E-state index contributed by atoms with van der Waals surface area (Å²) in [4.78, 5) is 4.52. The third-order valence-electron chi connectivity index (χ3n) is 4.74. The van der Waals surface area contributed by atoms with Crippen LogP contribution < -0.4 is 10.5 Å². The highest BCUT2D eigenvalue weighted by Gasteiger charge is 2.15. The second-order valence-corrected chi connectivity index (χ2v) is 6.93. The highest BCUT2D eigenvalue weighted by molar-refractivity contribution is 6.32. The van der Waals surface area contributed by atoms with Crippen molar-refractivity contribution in [3.05, 3.63) is 83.1 Å². The molecular formula is C22H19ClN4O2. The van der Waals surface area contributed by atoms with Crippen molar-refractivity contribution in [1.29, 1.82) is 0 Å². The molecule has 6 nitrogen and oxygen atoms in total. The monoisotopic (exact) mass is 406 g/mol. The molecule has 0 amide bonds. The fraction of sp³-hybridized carbons (Fsp3) is 0.0909. The first-order valence-corrected chi connectivity index (χ1v) is 9.34. The van der Waals surface area contributed by atoms with E-state index in [2.05, 4.69) is 32.9 Å². The van der Waals surface area contributed by atoms with Crippen LogP contribution in [0.1, 0.15) is 11.4 Å². The number of nitrogens with zero attached hydrogens (tertiary/aromatic N) is 3. The number of ether oxygens (including phenoxy) is 1. The van der Waals surface area contributed by atoms with Crippen molar-refractivity contribution >= 4 is 28.3 Å².